The van der Waals surface area contributed by atoms with Crippen molar-refractivity contribution in [2.45, 2.75) is 0 Å². The number of nitrogens with zero attached hydrogens (tertiary/aromatic N) is 3. The molecule has 0 saturated heterocycles. The number of carbonyl (C=O) groups excluding carboxylic acids is 1. The maximum Gasteiger partial charge on any atom is 0.187 e. The highest BCUT2D eigenvalue weighted by Gasteiger charge is 2.02. The van der Waals surface area contributed by atoms with Crippen LogP contribution < -0.4 is 0 Å². The number of benzene rings is 2. The molecule has 0 aliphatic heterocycles. The molecule has 1 aromatic heterocycles. The standard InChI is InChI=1S/C15H11N3O/c19-15(12-6-2-1-3-7-12)10-11-18-14-9-5-4-8-13(14)16-17-18/h1-11H/b11-10-. The summed E-state index contributed by atoms with van der Waals surface area (Å²) in [5, 5.41) is 8.01. The third kappa shape index (κ3) is 2.28. The van der Waals surface area contributed by atoms with Crippen molar-refractivity contribution in [2.24, 2.45) is 0 Å². The summed E-state index contributed by atoms with van der Waals surface area (Å²) in [6.45, 7) is 0. The topological polar surface area (TPSA) is 47.8 Å². The Hall–Kier alpha value is -2.75. The summed E-state index contributed by atoms with van der Waals surface area (Å²) in [5.74, 6) is -0.0554. The lowest BCUT2D eigenvalue weighted by Crippen LogP contribution is -1.96. The van der Waals surface area contributed by atoms with Gasteiger partial charge in [-0.15, -0.1) is 5.10 Å². The summed E-state index contributed by atoms with van der Waals surface area (Å²) in [6.07, 6.45) is 3.13. The van der Waals surface area contributed by atoms with Gasteiger partial charge in [-0.1, -0.05) is 47.7 Å². The van der Waals surface area contributed by atoms with E-state index in [4.69, 9.17) is 0 Å². The highest BCUT2D eigenvalue weighted by molar-refractivity contribution is 6.06. The van der Waals surface area contributed by atoms with Crippen molar-refractivity contribution in [2.75, 3.05) is 0 Å². The minimum absolute atomic E-state index is 0.0554. The summed E-state index contributed by atoms with van der Waals surface area (Å²) < 4.78 is 1.59. The van der Waals surface area contributed by atoms with E-state index in [-0.39, 0.29) is 5.78 Å². The first kappa shape index (κ1) is 11.3. The quantitative estimate of drug-likeness (QED) is 0.529. The van der Waals surface area contributed by atoms with Gasteiger partial charge in [0.2, 0.25) is 0 Å². The van der Waals surface area contributed by atoms with Gasteiger partial charge in [-0.2, -0.15) is 0 Å². The number of ketones is 1. The lowest BCUT2D eigenvalue weighted by Gasteiger charge is -1.95. The molecule has 1 heterocycles. The molecule has 3 rings (SSSR count). The highest BCUT2D eigenvalue weighted by Crippen LogP contribution is 2.10. The Morgan fingerprint density at radius 3 is 2.58 bits per heavy atom. The number of carbonyl (C=O) groups is 1. The molecule has 19 heavy (non-hydrogen) atoms. The fraction of sp³-hybridized carbons (Fsp3) is 0. The zero-order valence-electron chi connectivity index (χ0n) is 10.1. The summed E-state index contributed by atoms with van der Waals surface area (Å²) >= 11 is 0. The molecule has 0 amide bonds. The average molecular weight is 249 g/mol. The zero-order chi connectivity index (χ0) is 13.1. The number of fused-ring (bicyclic) bond motifs is 1. The Balaban J connectivity index is 1.89. The first-order chi connectivity index (χ1) is 9.34. The highest BCUT2D eigenvalue weighted by atomic mass is 16.1. The van der Waals surface area contributed by atoms with Gasteiger partial charge >= 0.3 is 0 Å². The van der Waals surface area contributed by atoms with Crippen LogP contribution in [0.2, 0.25) is 0 Å². The smallest absolute Gasteiger partial charge is 0.187 e. The van der Waals surface area contributed by atoms with Gasteiger partial charge in [0.25, 0.3) is 0 Å². The first-order valence-electron chi connectivity index (χ1n) is 5.92. The second kappa shape index (κ2) is 4.86. The van der Waals surface area contributed by atoms with Crippen molar-refractivity contribution in [1.29, 1.82) is 0 Å². The number of hydrogen-bond acceptors (Lipinski definition) is 3. The predicted octanol–water partition coefficient (Wildman–Crippen LogP) is 2.78. The van der Waals surface area contributed by atoms with E-state index in [2.05, 4.69) is 10.3 Å². The van der Waals surface area contributed by atoms with Crippen molar-refractivity contribution in [3.63, 3.8) is 0 Å². The van der Waals surface area contributed by atoms with Gasteiger partial charge < -0.3 is 0 Å². The van der Waals surface area contributed by atoms with Gasteiger partial charge in [0.05, 0.1) is 5.52 Å². The maximum absolute atomic E-state index is 11.9. The number of allylic oxidation sites excluding steroid dienone is 1. The van der Waals surface area contributed by atoms with E-state index in [0.717, 1.165) is 11.0 Å². The number of rotatable bonds is 3. The average Bonchev–Trinajstić information content (AvgIpc) is 2.89. The Labute approximate surface area is 110 Å². The van der Waals surface area contributed by atoms with Crippen LogP contribution in [0.3, 0.4) is 0 Å². The molecular weight excluding hydrogens is 238 g/mol. The lowest BCUT2D eigenvalue weighted by atomic mass is 10.1. The van der Waals surface area contributed by atoms with Crippen LogP contribution in [0.1, 0.15) is 10.4 Å². The molecule has 0 bridgehead atoms. The molecule has 3 aromatic rings. The van der Waals surface area contributed by atoms with Gasteiger partial charge in [0.1, 0.15) is 5.52 Å². The lowest BCUT2D eigenvalue weighted by molar-refractivity contribution is 0.104. The van der Waals surface area contributed by atoms with Gasteiger partial charge in [0.15, 0.2) is 5.78 Å². The van der Waals surface area contributed by atoms with E-state index in [9.17, 15) is 4.79 Å². The third-order valence-electron chi connectivity index (χ3n) is 2.80. The van der Waals surface area contributed by atoms with Crippen LogP contribution in [0, 0.1) is 0 Å². The predicted molar refractivity (Wildman–Crippen MR) is 73.6 cm³/mol. The molecule has 0 atom stereocenters. The molecule has 0 spiro atoms. The minimum Gasteiger partial charge on any atom is -0.289 e. The first-order valence-corrected chi connectivity index (χ1v) is 5.92. The van der Waals surface area contributed by atoms with Crippen molar-refractivity contribution < 1.29 is 4.79 Å². The number of aromatic nitrogens is 3. The van der Waals surface area contributed by atoms with Crippen molar-refractivity contribution in [3.8, 4) is 0 Å². The molecule has 0 saturated carbocycles. The van der Waals surface area contributed by atoms with E-state index >= 15 is 0 Å². The Morgan fingerprint density at radius 2 is 1.74 bits per heavy atom. The largest absolute Gasteiger partial charge is 0.289 e. The van der Waals surface area contributed by atoms with Crippen LogP contribution in [-0.2, 0) is 0 Å². The molecule has 0 unspecified atom stereocenters. The van der Waals surface area contributed by atoms with E-state index in [1.165, 1.54) is 6.08 Å². The molecular formula is C15H11N3O. The summed E-state index contributed by atoms with van der Waals surface area (Å²) in [4.78, 5) is 11.9. The molecule has 0 aliphatic carbocycles. The van der Waals surface area contributed by atoms with Crippen LogP contribution in [0.5, 0.6) is 0 Å². The normalized spacial score (nSPS) is 11.2. The minimum atomic E-state index is -0.0554. The molecule has 0 N–H and O–H groups in total. The summed E-state index contributed by atoms with van der Waals surface area (Å²) in [5.41, 5.74) is 2.34. The molecule has 0 fully saturated rings. The summed E-state index contributed by atoms with van der Waals surface area (Å²) in [7, 11) is 0. The van der Waals surface area contributed by atoms with E-state index in [0.29, 0.717) is 5.56 Å². The zero-order valence-corrected chi connectivity index (χ0v) is 10.1. The van der Waals surface area contributed by atoms with E-state index in [1.54, 1.807) is 23.0 Å². The molecule has 4 nitrogen and oxygen atoms in total. The fourth-order valence-electron chi connectivity index (χ4n) is 1.83. The van der Waals surface area contributed by atoms with E-state index < -0.39 is 0 Å². The molecule has 0 aliphatic rings. The second-order valence-corrected chi connectivity index (χ2v) is 4.07. The van der Waals surface area contributed by atoms with Crippen LogP contribution in [0.15, 0.2) is 60.7 Å². The maximum atomic E-state index is 11.9. The molecule has 92 valence electrons. The van der Waals surface area contributed by atoms with Crippen LogP contribution in [-0.4, -0.2) is 20.8 Å². The number of hydrogen-bond donors (Lipinski definition) is 0. The van der Waals surface area contributed by atoms with Crippen molar-refractivity contribution >= 4 is 23.0 Å². The van der Waals surface area contributed by atoms with Crippen molar-refractivity contribution in [3.05, 3.63) is 66.2 Å². The monoisotopic (exact) mass is 249 g/mol. The Morgan fingerprint density at radius 1 is 1.00 bits per heavy atom. The Kier molecular flexibility index (Phi) is 2.90. The molecule has 0 radical (unpaired) electrons. The van der Waals surface area contributed by atoms with Crippen molar-refractivity contribution in [1.82, 2.24) is 15.0 Å². The third-order valence-corrected chi connectivity index (χ3v) is 2.80. The van der Waals surface area contributed by atoms with Crippen LogP contribution in [0.4, 0.5) is 0 Å². The van der Waals surface area contributed by atoms with Gasteiger partial charge in [-0.05, 0) is 12.1 Å². The molecule has 4 heteroatoms. The van der Waals surface area contributed by atoms with Crippen LogP contribution >= 0.6 is 0 Å². The van der Waals surface area contributed by atoms with Gasteiger partial charge in [0, 0.05) is 17.8 Å². The Bertz CT molecular complexity index is 744. The fourth-order valence-corrected chi connectivity index (χ4v) is 1.83. The molecule has 2 aromatic carbocycles. The van der Waals surface area contributed by atoms with Gasteiger partial charge in [-0.3, -0.25) is 4.79 Å². The SMILES string of the molecule is O=C(/C=C\n1nnc2ccccc21)c1ccccc1. The number of para-hydroxylation sites is 1. The van der Waals surface area contributed by atoms with E-state index in [1.807, 2.05) is 42.5 Å². The van der Waals surface area contributed by atoms with Crippen LogP contribution in [0.25, 0.3) is 17.2 Å². The summed E-state index contributed by atoms with van der Waals surface area (Å²) in [6, 6.07) is 16.7. The second-order valence-electron chi connectivity index (χ2n) is 4.07. The van der Waals surface area contributed by atoms with Gasteiger partial charge in [-0.25, -0.2) is 4.68 Å².